The maximum Gasteiger partial charge on any atom is 0.248 e. The van der Waals surface area contributed by atoms with Crippen LogP contribution in [0.5, 0.6) is 0 Å². The number of fused-ring (bicyclic) bond motifs is 3. The van der Waals surface area contributed by atoms with E-state index in [9.17, 15) is 4.79 Å². The number of rotatable bonds is 3. The van der Waals surface area contributed by atoms with Gasteiger partial charge in [-0.1, -0.05) is 48.6 Å². The molecule has 0 fully saturated rings. The van der Waals surface area contributed by atoms with Gasteiger partial charge in [-0.05, 0) is 47.7 Å². The lowest BCUT2D eigenvalue weighted by Gasteiger charge is -2.05. The highest BCUT2D eigenvalue weighted by Gasteiger charge is 2.17. The smallest absolute Gasteiger partial charge is 0.248 e. The van der Waals surface area contributed by atoms with Crippen molar-refractivity contribution in [1.82, 2.24) is 0 Å². The van der Waals surface area contributed by atoms with Crippen LogP contribution in [0.1, 0.15) is 18.1 Å². The Morgan fingerprint density at radius 3 is 2.71 bits per heavy atom. The van der Waals surface area contributed by atoms with Crippen LogP contribution in [-0.4, -0.2) is 5.91 Å². The van der Waals surface area contributed by atoms with Crippen molar-refractivity contribution in [3.05, 3.63) is 77.9 Å². The summed E-state index contributed by atoms with van der Waals surface area (Å²) in [6, 6.07) is 14.6. The highest BCUT2D eigenvalue weighted by atomic mass is 16.1. The molecule has 21 heavy (non-hydrogen) atoms. The lowest BCUT2D eigenvalue weighted by molar-refractivity contribution is -0.111. The van der Waals surface area contributed by atoms with E-state index in [0.29, 0.717) is 0 Å². The van der Waals surface area contributed by atoms with E-state index in [2.05, 4.69) is 41.7 Å². The number of carbonyl (C=O) groups is 1. The van der Waals surface area contributed by atoms with E-state index < -0.39 is 0 Å². The van der Waals surface area contributed by atoms with Crippen LogP contribution in [0.4, 0.5) is 5.69 Å². The quantitative estimate of drug-likeness (QED) is 0.559. The zero-order chi connectivity index (χ0) is 14.7. The summed E-state index contributed by atoms with van der Waals surface area (Å²) in [6.45, 7) is 1.92. The van der Waals surface area contributed by atoms with Gasteiger partial charge in [0.1, 0.15) is 0 Å². The van der Waals surface area contributed by atoms with Crippen molar-refractivity contribution >= 4 is 11.6 Å². The van der Waals surface area contributed by atoms with E-state index in [1.807, 2.05) is 25.1 Å². The van der Waals surface area contributed by atoms with Gasteiger partial charge in [-0.25, -0.2) is 0 Å². The van der Waals surface area contributed by atoms with Crippen LogP contribution in [0.3, 0.4) is 0 Å². The van der Waals surface area contributed by atoms with E-state index in [1.54, 1.807) is 6.08 Å². The van der Waals surface area contributed by atoms with Crippen molar-refractivity contribution in [1.29, 1.82) is 0 Å². The maximum atomic E-state index is 11.8. The lowest BCUT2D eigenvalue weighted by atomic mass is 10.1. The second-order valence-electron chi connectivity index (χ2n) is 5.08. The van der Waals surface area contributed by atoms with Crippen LogP contribution in [0.2, 0.25) is 0 Å². The summed E-state index contributed by atoms with van der Waals surface area (Å²) in [4.78, 5) is 11.8. The first-order valence-corrected chi connectivity index (χ1v) is 7.09. The molecule has 0 aliphatic heterocycles. The summed E-state index contributed by atoms with van der Waals surface area (Å²) in [5, 5.41) is 2.90. The summed E-state index contributed by atoms with van der Waals surface area (Å²) in [5.41, 5.74) is 6.04. The van der Waals surface area contributed by atoms with Gasteiger partial charge in [-0.15, -0.1) is 0 Å². The normalized spacial score (nSPS) is 12.6. The predicted molar refractivity (Wildman–Crippen MR) is 87.3 cm³/mol. The van der Waals surface area contributed by atoms with Crippen molar-refractivity contribution in [3.8, 4) is 11.1 Å². The topological polar surface area (TPSA) is 29.1 Å². The first-order valence-electron chi connectivity index (χ1n) is 7.09. The van der Waals surface area contributed by atoms with Gasteiger partial charge in [0, 0.05) is 11.8 Å². The van der Waals surface area contributed by atoms with Crippen LogP contribution >= 0.6 is 0 Å². The zero-order valence-electron chi connectivity index (χ0n) is 12.0. The van der Waals surface area contributed by atoms with Gasteiger partial charge in [0.2, 0.25) is 5.91 Å². The third-order valence-corrected chi connectivity index (χ3v) is 3.61. The second-order valence-corrected chi connectivity index (χ2v) is 5.08. The molecule has 2 heteroatoms. The lowest BCUT2D eigenvalue weighted by Crippen LogP contribution is -2.07. The highest BCUT2D eigenvalue weighted by molar-refractivity contribution is 5.99. The molecule has 104 valence electrons. The fourth-order valence-corrected chi connectivity index (χ4v) is 2.66. The number of carbonyl (C=O) groups excluding carboxylic acids is 1. The van der Waals surface area contributed by atoms with Gasteiger partial charge in [0.25, 0.3) is 0 Å². The van der Waals surface area contributed by atoms with E-state index >= 15 is 0 Å². The number of anilines is 1. The Balaban J connectivity index is 1.79. The Hall–Kier alpha value is -2.61. The van der Waals surface area contributed by atoms with E-state index in [-0.39, 0.29) is 5.91 Å². The molecule has 1 amide bonds. The summed E-state index contributed by atoms with van der Waals surface area (Å²) >= 11 is 0. The van der Waals surface area contributed by atoms with Gasteiger partial charge in [-0.2, -0.15) is 0 Å². The molecular formula is C19H17NO. The summed E-state index contributed by atoms with van der Waals surface area (Å²) in [5.74, 6) is -0.108. The highest BCUT2D eigenvalue weighted by Crippen LogP contribution is 2.37. The Morgan fingerprint density at radius 1 is 1.05 bits per heavy atom. The van der Waals surface area contributed by atoms with Crippen molar-refractivity contribution in [2.75, 3.05) is 5.32 Å². The van der Waals surface area contributed by atoms with Crippen LogP contribution in [-0.2, 0) is 11.2 Å². The van der Waals surface area contributed by atoms with Crippen molar-refractivity contribution in [2.45, 2.75) is 13.3 Å². The fraction of sp³-hybridized carbons (Fsp3) is 0.105. The average Bonchev–Trinajstić information content (AvgIpc) is 2.85. The number of hydrogen-bond donors (Lipinski definition) is 1. The summed E-state index contributed by atoms with van der Waals surface area (Å²) < 4.78 is 0. The number of allylic oxidation sites excluding steroid dienone is 3. The number of nitrogens with one attached hydrogen (secondary N) is 1. The first kappa shape index (κ1) is 13.4. The molecule has 1 N–H and O–H groups in total. The summed E-state index contributed by atoms with van der Waals surface area (Å²) in [6.07, 6.45) is 7.92. The van der Waals surface area contributed by atoms with Gasteiger partial charge >= 0.3 is 0 Å². The minimum Gasteiger partial charge on any atom is -0.323 e. The van der Waals surface area contributed by atoms with Gasteiger partial charge in [-0.3, -0.25) is 4.79 Å². The number of amides is 1. The molecule has 2 aromatic rings. The van der Waals surface area contributed by atoms with Crippen LogP contribution in [0.15, 0.2) is 66.8 Å². The fourth-order valence-electron chi connectivity index (χ4n) is 2.66. The van der Waals surface area contributed by atoms with Crippen molar-refractivity contribution < 1.29 is 4.79 Å². The Morgan fingerprint density at radius 2 is 1.86 bits per heavy atom. The van der Waals surface area contributed by atoms with E-state index in [0.717, 1.165) is 12.1 Å². The van der Waals surface area contributed by atoms with Gasteiger partial charge < -0.3 is 5.32 Å². The molecule has 0 saturated carbocycles. The zero-order valence-corrected chi connectivity index (χ0v) is 12.0. The molecule has 0 spiro atoms. The molecular weight excluding hydrogens is 258 g/mol. The predicted octanol–water partition coefficient (Wildman–Crippen LogP) is 4.33. The van der Waals surface area contributed by atoms with Gasteiger partial charge in [0.15, 0.2) is 0 Å². The molecule has 1 aliphatic rings. The molecule has 0 bridgehead atoms. The molecule has 3 rings (SSSR count). The van der Waals surface area contributed by atoms with Crippen molar-refractivity contribution in [2.24, 2.45) is 0 Å². The molecule has 0 saturated heterocycles. The van der Waals surface area contributed by atoms with Crippen LogP contribution < -0.4 is 5.32 Å². The third kappa shape index (κ3) is 2.79. The Labute approximate surface area is 124 Å². The molecule has 2 nitrogen and oxygen atoms in total. The SMILES string of the molecule is CC=CC=CC(=O)Nc1ccc2c(c1)Cc1ccccc1-2. The molecule has 0 heterocycles. The molecule has 0 radical (unpaired) electrons. The first-order chi connectivity index (χ1) is 10.3. The monoisotopic (exact) mass is 275 g/mol. The molecule has 2 aromatic carbocycles. The summed E-state index contributed by atoms with van der Waals surface area (Å²) in [7, 11) is 0. The minimum atomic E-state index is -0.108. The second kappa shape index (κ2) is 5.80. The van der Waals surface area contributed by atoms with Crippen LogP contribution in [0, 0.1) is 0 Å². The van der Waals surface area contributed by atoms with Gasteiger partial charge in [0.05, 0.1) is 0 Å². The number of hydrogen-bond acceptors (Lipinski definition) is 1. The molecule has 1 aliphatic carbocycles. The molecule has 0 atom stereocenters. The molecule has 0 unspecified atom stereocenters. The average molecular weight is 275 g/mol. The molecule has 0 aromatic heterocycles. The van der Waals surface area contributed by atoms with Crippen molar-refractivity contribution in [3.63, 3.8) is 0 Å². The van der Waals surface area contributed by atoms with E-state index in [1.165, 1.54) is 28.3 Å². The number of benzene rings is 2. The van der Waals surface area contributed by atoms with E-state index in [4.69, 9.17) is 0 Å². The standard InChI is InChI=1S/C19H17NO/c1-2-3-4-9-19(21)20-16-10-11-18-15(13-16)12-14-7-5-6-8-17(14)18/h2-11,13H,12H2,1H3,(H,20,21). The largest absolute Gasteiger partial charge is 0.323 e. The minimum absolute atomic E-state index is 0.108. The Bertz CT molecular complexity index is 741. The van der Waals surface area contributed by atoms with Crippen LogP contribution in [0.25, 0.3) is 11.1 Å². The Kier molecular flexibility index (Phi) is 3.69. The third-order valence-electron chi connectivity index (χ3n) is 3.61. The maximum absolute atomic E-state index is 11.8.